The van der Waals surface area contributed by atoms with Crippen LogP contribution in [0.1, 0.15) is 120 Å². The molecule has 1 aliphatic rings. The number of rotatable bonds is 14. The zero-order valence-electron chi connectivity index (χ0n) is 47.7. The maximum atomic E-state index is 15.3. The topological polar surface area (TPSA) is 151 Å². The summed E-state index contributed by atoms with van der Waals surface area (Å²) in [6.07, 6.45) is 0.0682. The third-order valence-corrected chi connectivity index (χ3v) is 14.0. The van der Waals surface area contributed by atoms with Gasteiger partial charge in [-0.15, -0.1) is 0 Å². The number of benzene rings is 4. The van der Waals surface area contributed by atoms with E-state index in [-0.39, 0.29) is 53.3 Å². The van der Waals surface area contributed by atoms with Crippen LogP contribution in [0.2, 0.25) is 10.3 Å². The minimum atomic E-state index is -1.01. The van der Waals surface area contributed by atoms with E-state index in [1.807, 2.05) is 49.0 Å². The van der Waals surface area contributed by atoms with Crippen LogP contribution in [0.3, 0.4) is 0 Å². The predicted octanol–water partition coefficient (Wildman–Crippen LogP) is 14.2. The Kier molecular flexibility index (Phi) is 21.6. The average molecular weight is 1250 g/mol. The summed E-state index contributed by atoms with van der Waals surface area (Å²) in [5, 5.41) is 0.702. The molecule has 8 aromatic rings. The minimum Gasteiger partial charge on any atom is -0.456 e. The monoisotopic (exact) mass is 1250 g/mol. The first kappa shape index (κ1) is 65.9. The van der Waals surface area contributed by atoms with Crippen molar-refractivity contribution in [3.8, 4) is 11.3 Å². The summed E-state index contributed by atoms with van der Waals surface area (Å²) >= 11 is 14.6. The van der Waals surface area contributed by atoms with Crippen LogP contribution in [-0.4, -0.2) is 98.0 Å². The Morgan fingerprint density at radius 1 is 0.602 bits per heavy atom. The average Bonchev–Trinajstić information content (AvgIpc) is 4.16. The van der Waals surface area contributed by atoms with Crippen LogP contribution in [0.4, 0.5) is 17.6 Å². The second-order valence-electron chi connectivity index (χ2n) is 22.2. The van der Waals surface area contributed by atoms with E-state index < -0.39 is 64.7 Å². The van der Waals surface area contributed by atoms with Crippen LogP contribution in [0.15, 0.2) is 102 Å². The number of carbonyl (C=O) groups is 2. The van der Waals surface area contributed by atoms with Crippen LogP contribution >= 0.6 is 39.1 Å². The maximum Gasteiger partial charge on any atom is 0.497 e. The zero-order valence-corrected chi connectivity index (χ0v) is 50.8. The molecule has 4 aromatic heterocycles. The minimum absolute atomic E-state index is 0. The highest BCUT2D eigenvalue weighted by Crippen LogP contribution is 2.37. The molecule has 442 valence electrons. The second-order valence-corrected chi connectivity index (χ2v) is 23.8. The third kappa shape index (κ3) is 16.8. The Bertz CT molecular complexity index is 3590. The van der Waals surface area contributed by atoms with E-state index in [1.165, 1.54) is 6.07 Å². The van der Waals surface area contributed by atoms with Gasteiger partial charge in [-0.25, -0.2) is 47.1 Å². The van der Waals surface area contributed by atoms with Gasteiger partial charge >= 0.3 is 19.1 Å². The molecule has 0 spiro atoms. The molecule has 0 unspecified atom stereocenters. The van der Waals surface area contributed by atoms with Crippen molar-refractivity contribution in [1.82, 2.24) is 29.1 Å². The zero-order chi connectivity index (χ0) is 60.1. The Morgan fingerprint density at radius 3 is 1.47 bits per heavy atom. The first-order valence-corrected chi connectivity index (χ1v) is 27.7. The molecule has 22 heteroatoms. The van der Waals surface area contributed by atoms with Crippen molar-refractivity contribution in [2.24, 2.45) is 0 Å². The predicted molar refractivity (Wildman–Crippen MR) is 320 cm³/mol. The van der Waals surface area contributed by atoms with Crippen molar-refractivity contribution in [2.45, 2.75) is 125 Å². The molecule has 9 rings (SSSR count). The molecular formula is C61H68BBrCl2F4N6O8. The standard InChI is InChI=1S/C28H35BF2N2O5.C27H26ClF2N3O3.C5H3BrClN.CH4/c1-26(2,3)36-25(34)17-9-10-22-23(14-17)33(11-12-35-8)24(32-22)15-18-13-21(31)19(16-20(18)30)29-37-27(4,5)28(6,7)38-29;1-27(2,3)36-26(34)16-8-9-22-23(13-16)33(10-11-35-4)25(32-22)14-17-12-20(30)18(15-19(17)29)21-6-5-7-24(28)31-21;6-4-2-1-3-5(7)8-4;/h9-10,13-14,16H,11-12,15H2,1-8H3;5-9,12-13,15H,10-11,14H2,1-4H3;1-3H;1H4. The molecule has 5 heterocycles. The van der Waals surface area contributed by atoms with E-state index in [1.54, 1.807) is 116 Å². The van der Waals surface area contributed by atoms with Crippen molar-refractivity contribution < 1.29 is 55.4 Å². The number of carbonyl (C=O) groups excluding carboxylic acids is 2. The molecule has 83 heavy (non-hydrogen) atoms. The molecule has 0 aliphatic carbocycles. The van der Waals surface area contributed by atoms with Gasteiger partial charge in [0.1, 0.15) is 61.0 Å². The smallest absolute Gasteiger partial charge is 0.456 e. The number of ether oxygens (including phenoxy) is 4. The molecule has 0 saturated carbocycles. The van der Waals surface area contributed by atoms with Gasteiger partial charge in [-0.1, -0.05) is 42.8 Å². The van der Waals surface area contributed by atoms with E-state index >= 15 is 13.2 Å². The third-order valence-electron chi connectivity index (χ3n) is 13.1. The number of pyridine rings is 2. The highest BCUT2D eigenvalue weighted by molar-refractivity contribution is 9.10. The molecular weight excluding hydrogens is 1180 g/mol. The molecule has 1 aliphatic heterocycles. The van der Waals surface area contributed by atoms with Crippen LogP contribution in [0.5, 0.6) is 0 Å². The fourth-order valence-corrected chi connectivity index (χ4v) is 9.27. The molecule has 4 aromatic carbocycles. The van der Waals surface area contributed by atoms with Gasteiger partial charge in [0.25, 0.3) is 0 Å². The Hall–Kier alpha value is -6.26. The summed E-state index contributed by atoms with van der Waals surface area (Å²) in [7, 11) is 2.14. The number of hydrogen-bond acceptors (Lipinski definition) is 12. The normalized spacial score (nSPS) is 13.7. The molecule has 0 atom stereocenters. The number of methoxy groups -OCH3 is 2. The van der Waals surface area contributed by atoms with Gasteiger partial charge in [-0.05, 0) is 181 Å². The fourth-order valence-electron chi connectivity index (χ4n) is 8.50. The lowest BCUT2D eigenvalue weighted by atomic mass is 9.78. The van der Waals surface area contributed by atoms with Crippen LogP contribution in [0.25, 0.3) is 33.3 Å². The number of imidazole rings is 2. The highest BCUT2D eigenvalue weighted by atomic mass is 79.9. The maximum absolute atomic E-state index is 15.3. The summed E-state index contributed by atoms with van der Waals surface area (Å²) in [6.45, 7) is 19.8. The van der Waals surface area contributed by atoms with Crippen LogP contribution in [-0.2, 0) is 54.2 Å². The number of nitrogens with zero attached hydrogens (tertiary/aromatic N) is 6. The number of fused-ring (bicyclic) bond motifs is 2. The quantitative estimate of drug-likeness (QED) is 0.0441. The van der Waals surface area contributed by atoms with Crippen molar-refractivity contribution >= 4 is 85.7 Å². The summed E-state index contributed by atoms with van der Waals surface area (Å²) in [6, 6.07) is 24.8. The van der Waals surface area contributed by atoms with Gasteiger partial charge in [-0.2, -0.15) is 0 Å². The van der Waals surface area contributed by atoms with Gasteiger partial charge in [-0.3, -0.25) is 0 Å². The Balaban J connectivity index is 0.000000232. The molecule has 1 fully saturated rings. The number of hydrogen-bond donors (Lipinski definition) is 0. The number of aromatic nitrogens is 6. The van der Waals surface area contributed by atoms with Crippen LogP contribution in [0, 0.1) is 23.3 Å². The lowest BCUT2D eigenvalue weighted by molar-refractivity contribution is 0.00571. The summed E-state index contributed by atoms with van der Waals surface area (Å²) in [5.74, 6) is -2.30. The Morgan fingerprint density at radius 2 is 1.05 bits per heavy atom. The first-order chi connectivity index (χ1) is 38.5. The lowest BCUT2D eigenvalue weighted by Gasteiger charge is -2.32. The highest BCUT2D eigenvalue weighted by Gasteiger charge is 2.52. The van der Waals surface area contributed by atoms with Gasteiger partial charge in [0.15, 0.2) is 0 Å². The van der Waals surface area contributed by atoms with Crippen molar-refractivity contribution in [3.63, 3.8) is 0 Å². The summed E-state index contributed by atoms with van der Waals surface area (Å²) in [4.78, 5) is 42.5. The van der Waals surface area contributed by atoms with E-state index in [4.69, 9.17) is 51.5 Å². The van der Waals surface area contributed by atoms with E-state index in [0.29, 0.717) is 76.3 Å². The SMILES string of the molecule is C.COCCn1c(Cc2cc(F)c(-c3cccc(Cl)n3)cc2F)nc2ccc(C(=O)OC(C)(C)C)cc21.COCCn1c(Cc2cc(F)c(B3OC(C)(C)C(C)(C)O3)cc2F)nc2ccc(C(=O)OC(C)(C)C)cc21.Clc1cccc(Br)n1. The summed E-state index contributed by atoms with van der Waals surface area (Å²) in [5.41, 5.74) is 1.27. The van der Waals surface area contributed by atoms with Crippen LogP contribution < -0.4 is 5.46 Å². The van der Waals surface area contributed by atoms with E-state index in [9.17, 15) is 14.0 Å². The van der Waals surface area contributed by atoms with Gasteiger partial charge in [0.2, 0.25) is 0 Å². The van der Waals surface area contributed by atoms with Gasteiger partial charge in [0, 0.05) is 51.2 Å². The van der Waals surface area contributed by atoms with E-state index in [0.717, 1.165) is 22.8 Å². The molecule has 0 amide bonds. The van der Waals surface area contributed by atoms with E-state index in [2.05, 4.69) is 35.9 Å². The molecule has 0 N–H and O–H groups in total. The number of halogens is 7. The van der Waals surface area contributed by atoms with Crippen molar-refractivity contribution in [3.05, 3.63) is 169 Å². The number of esters is 2. The molecule has 0 bridgehead atoms. The van der Waals surface area contributed by atoms with Gasteiger partial charge in [0.05, 0.1) is 63.3 Å². The summed E-state index contributed by atoms with van der Waals surface area (Å²) < 4.78 is 98.4. The van der Waals surface area contributed by atoms with Crippen molar-refractivity contribution in [1.29, 1.82) is 0 Å². The fraction of sp³-hybridized carbons (Fsp3) is 0.377. The van der Waals surface area contributed by atoms with Crippen molar-refractivity contribution in [2.75, 3.05) is 27.4 Å². The second kappa shape index (κ2) is 27.2. The Labute approximate surface area is 500 Å². The largest absolute Gasteiger partial charge is 0.497 e. The lowest BCUT2D eigenvalue weighted by Crippen LogP contribution is -2.41. The first-order valence-electron chi connectivity index (χ1n) is 26.1. The van der Waals surface area contributed by atoms with Gasteiger partial charge < -0.3 is 37.4 Å². The molecule has 0 radical (unpaired) electrons. The molecule has 1 saturated heterocycles. The molecule has 14 nitrogen and oxygen atoms in total.